The Hall–Kier alpha value is -7.02. The molecule has 1 amide bonds. The van der Waals surface area contributed by atoms with Crippen LogP contribution in [0.4, 0.5) is 11.6 Å². The number of hydrogen-bond acceptors (Lipinski definition) is 7. The van der Waals surface area contributed by atoms with Gasteiger partial charge in [-0.2, -0.15) is 20.4 Å². The summed E-state index contributed by atoms with van der Waals surface area (Å²) in [5.41, 5.74) is 14.1. The molecule has 292 valence electrons. The number of rotatable bonds is 5. The third kappa shape index (κ3) is 9.10. The number of nitrogen functional groups attached to an aromatic ring is 1. The van der Waals surface area contributed by atoms with Gasteiger partial charge in [0.1, 0.15) is 11.6 Å². The Kier molecular flexibility index (Phi) is 11.1. The minimum Gasteiger partial charge on any atom is -0.476 e. The number of carbonyl (C=O) groups is 2. The first-order chi connectivity index (χ1) is 27.0. The number of amides is 1. The summed E-state index contributed by atoms with van der Waals surface area (Å²) >= 11 is 0. The highest BCUT2D eigenvalue weighted by atomic mass is 16.4. The molecule has 0 aliphatic heterocycles. The van der Waals surface area contributed by atoms with Crippen LogP contribution in [0, 0.1) is 13.8 Å². The van der Waals surface area contributed by atoms with Crippen molar-refractivity contribution >= 4 is 45.3 Å². The topological polar surface area (TPSA) is 185 Å². The zero-order chi connectivity index (χ0) is 41.1. The van der Waals surface area contributed by atoms with E-state index in [4.69, 9.17) is 15.9 Å². The van der Waals surface area contributed by atoms with Gasteiger partial charge in [-0.25, -0.2) is 14.2 Å². The summed E-state index contributed by atoms with van der Waals surface area (Å²) in [6, 6.07) is 34.8. The Balaban J connectivity index is 0.000000160. The third-order valence-corrected chi connectivity index (χ3v) is 9.14. The van der Waals surface area contributed by atoms with Crippen LogP contribution in [0.1, 0.15) is 85.0 Å². The molecule has 6 N–H and O–H groups in total. The molecule has 0 fully saturated rings. The Labute approximate surface area is 330 Å². The van der Waals surface area contributed by atoms with Gasteiger partial charge in [0.15, 0.2) is 11.4 Å². The number of hydrogen-bond donors (Lipinski definition) is 5. The molecular weight excluding hydrogens is 717 g/mol. The van der Waals surface area contributed by atoms with Gasteiger partial charge in [-0.05, 0) is 50.2 Å². The molecule has 13 heteroatoms. The van der Waals surface area contributed by atoms with Crippen LogP contribution in [0.25, 0.3) is 33.2 Å². The van der Waals surface area contributed by atoms with Crippen molar-refractivity contribution in [2.24, 2.45) is 0 Å². The van der Waals surface area contributed by atoms with Crippen LogP contribution in [0.2, 0.25) is 0 Å². The first-order valence-corrected chi connectivity index (χ1v) is 18.5. The van der Waals surface area contributed by atoms with Gasteiger partial charge in [0, 0.05) is 33.7 Å². The SMILES string of the molecule is Cc1ccc(-n2nc(C(C)(C)C)cc2N)cc1.Cc1ccc(-n2nc(C(C)(C)C)cc2NC(=O)c2n[nH]c3ccccc23)cc1.O=C(O)c1n[nH]c2ccccc12. The maximum Gasteiger partial charge on any atom is 0.357 e. The van der Waals surface area contributed by atoms with Gasteiger partial charge in [-0.3, -0.25) is 15.0 Å². The number of fused-ring (bicyclic) bond motifs is 2. The largest absolute Gasteiger partial charge is 0.476 e. The van der Waals surface area contributed by atoms with Crippen molar-refractivity contribution in [1.29, 1.82) is 0 Å². The van der Waals surface area contributed by atoms with Crippen molar-refractivity contribution in [1.82, 2.24) is 40.0 Å². The van der Waals surface area contributed by atoms with Crippen LogP contribution in [0.5, 0.6) is 0 Å². The van der Waals surface area contributed by atoms with Gasteiger partial charge < -0.3 is 16.2 Å². The Morgan fingerprint density at radius 2 is 1.07 bits per heavy atom. The summed E-state index contributed by atoms with van der Waals surface area (Å²) in [5, 5.41) is 35.8. The predicted molar refractivity (Wildman–Crippen MR) is 226 cm³/mol. The van der Waals surface area contributed by atoms with Crippen molar-refractivity contribution in [3.63, 3.8) is 0 Å². The van der Waals surface area contributed by atoms with Crippen LogP contribution in [-0.2, 0) is 10.8 Å². The number of aryl methyl sites for hydroxylation is 2. The predicted octanol–water partition coefficient (Wildman–Crippen LogP) is 8.93. The fourth-order valence-electron chi connectivity index (χ4n) is 5.81. The number of anilines is 2. The average molecular weight is 765 g/mol. The summed E-state index contributed by atoms with van der Waals surface area (Å²) in [6.45, 7) is 16.8. The molecular formula is C44H48N10O3. The molecule has 0 spiro atoms. The van der Waals surface area contributed by atoms with Crippen molar-refractivity contribution in [3.05, 3.63) is 143 Å². The molecule has 4 heterocycles. The van der Waals surface area contributed by atoms with E-state index >= 15 is 0 Å². The van der Waals surface area contributed by atoms with Crippen LogP contribution < -0.4 is 11.1 Å². The van der Waals surface area contributed by atoms with Gasteiger partial charge >= 0.3 is 5.97 Å². The van der Waals surface area contributed by atoms with E-state index in [1.165, 1.54) is 11.1 Å². The lowest BCUT2D eigenvalue weighted by Crippen LogP contribution is -2.16. The molecule has 0 unspecified atom stereocenters. The zero-order valence-corrected chi connectivity index (χ0v) is 33.4. The molecule has 0 saturated carbocycles. The molecule has 0 atom stereocenters. The van der Waals surface area contributed by atoms with E-state index in [0.29, 0.717) is 22.7 Å². The van der Waals surface area contributed by atoms with Crippen molar-refractivity contribution in [2.75, 3.05) is 11.1 Å². The first-order valence-electron chi connectivity index (χ1n) is 18.5. The quantitative estimate of drug-likeness (QED) is 0.115. The van der Waals surface area contributed by atoms with Crippen molar-refractivity contribution in [2.45, 2.75) is 66.2 Å². The molecule has 0 aliphatic carbocycles. The number of benzene rings is 4. The Morgan fingerprint density at radius 1 is 0.632 bits per heavy atom. The fourth-order valence-corrected chi connectivity index (χ4v) is 5.81. The number of para-hydroxylation sites is 2. The van der Waals surface area contributed by atoms with E-state index < -0.39 is 5.97 Å². The number of nitrogens with zero attached hydrogens (tertiary/aromatic N) is 6. The maximum absolute atomic E-state index is 13.0. The van der Waals surface area contributed by atoms with E-state index in [9.17, 15) is 9.59 Å². The molecule has 0 saturated heterocycles. The Bertz CT molecular complexity index is 2650. The lowest BCUT2D eigenvalue weighted by Gasteiger charge is -2.14. The maximum atomic E-state index is 13.0. The van der Waals surface area contributed by atoms with E-state index in [2.05, 4.69) is 91.4 Å². The molecule has 4 aromatic heterocycles. The van der Waals surface area contributed by atoms with Gasteiger partial charge in [-0.15, -0.1) is 0 Å². The lowest BCUT2D eigenvalue weighted by atomic mass is 9.92. The number of aromatic nitrogens is 8. The molecule has 0 radical (unpaired) electrons. The highest BCUT2D eigenvalue weighted by molar-refractivity contribution is 6.11. The number of H-pyrrole nitrogens is 2. The number of nitrogens with two attached hydrogens (primary N) is 1. The monoisotopic (exact) mass is 764 g/mol. The molecule has 0 aliphatic rings. The van der Waals surface area contributed by atoms with E-state index in [1.54, 1.807) is 27.6 Å². The summed E-state index contributed by atoms with van der Waals surface area (Å²) in [5.74, 6) is 0.0169. The summed E-state index contributed by atoms with van der Waals surface area (Å²) < 4.78 is 3.56. The van der Waals surface area contributed by atoms with Gasteiger partial charge in [0.2, 0.25) is 0 Å². The van der Waals surface area contributed by atoms with Gasteiger partial charge in [0.25, 0.3) is 5.91 Å². The van der Waals surface area contributed by atoms with Crippen LogP contribution >= 0.6 is 0 Å². The Morgan fingerprint density at radius 3 is 1.56 bits per heavy atom. The standard InChI is InChI=1S/C22H23N5O.C14H19N3.C8H6N2O2/c1-14-9-11-15(12-10-14)27-19(13-18(26-27)22(2,3)4)23-21(28)20-16-7-5-6-8-17(16)24-25-20;1-10-5-7-11(8-6-10)17-13(15)9-12(16-17)14(2,3)4;11-8(12)7-5-3-1-2-4-6(5)9-10-7/h5-13H,1-4H3,(H,23,28)(H,24,25);5-9H,15H2,1-4H3;1-4H,(H,9,10)(H,11,12). The van der Waals surface area contributed by atoms with E-state index in [-0.39, 0.29) is 22.4 Å². The normalized spacial score (nSPS) is 11.4. The molecule has 8 aromatic rings. The van der Waals surface area contributed by atoms with E-state index in [0.717, 1.165) is 39.2 Å². The van der Waals surface area contributed by atoms with E-state index in [1.807, 2.05) is 85.8 Å². The number of nitrogens with one attached hydrogen (secondary N) is 3. The summed E-state index contributed by atoms with van der Waals surface area (Å²) in [6.07, 6.45) is 0. The second kappa shape index (κ2) is 16.0. The van der Waals surface area contributed by atoms with Crippen LogP contribution in [-0.4, -0.2) is 56.9 Å². The van der Waals surface area contributed by atoms with Crippen molar-refractivity contribution in [3.8, 4) is 11.4 Å². The lowest BCUT2D eigenvalue weighted by molar-refractivity contribution is 0.0692. The average Bonchev–Trinajstić information content (AvgIpc) is 3.97. The van der Waals surface area contributed by atoms with Crippen LogP contribution in [0.15, 0.2) is 109 Å². The minimum atomic E-state index is -1.01. The smallest absolute Gasteiger partial charge is 0.357 e. The van der Waals surface area contributed by atoms with Crippen molar-refractivity contribution < 1.29 is 14.7 Å². The van der Waals surface area contributed by atoms with Crippen LogP contribution in [0.3, 0.4) is 0 Å². The third-order valence-electron chi connectivity index (χ3n) is 9.14. The van der Waals surface area contributed by atoms with Gasteiger partial charge in [-0.1, -0.05) is 113 Å². The molecule has 0 bridgehead atoms. The summed E-state index contributed by atoms with van der Waals surface area (Å²) in [7, 11) is 0. The number of carboxylic acid groups (broad SMARTS) is 1. The molecule has 13 nitrogen and oxygen atoms in total. The summed E-state index contributed by atoms with van der Waals surface area (Å²) in [4.78, 5) is 23.5. The molecule has 57 heavy (non-hydrogen) atoms. The number of aromatic carboxylic acids is 1. The number of carbonyl (C=O) groups excluding carboxylic acids is 1. The minimum absolute atomic E-state index is 0.0179. The second-order valence-corrected chi connectivity index (χ2v) is 15.9. The molecule has 8 rings (SSSR count). The van der Waals surface area contributed by atoms with Gasteiger partial charge in [0.05, 0.1) is 33.8 Å². The number of aromatic amines is 2. The first kappa shape index (κ1) is 39.7. The number of carboxylic acids is 1. The fraction of sp³-hybridized carbons (Fsp3) is 0.227. The second-order valence-electron chi connectivity index (χ2n) is 15.9. The molecule has 4 aromatic carbocycles. The zero-order valence-electron chi connectivity index (χ0n) is 33.4. The highest BCUT2D eigenvalue weighted by Gasteiger charge is 2.23. The highest BCUT2D eigenvalue weighted by Crippen LogP contribution is 2.28.